The van der Waals surface area contributed by atoms with Crippen molar-refractivity contribution in [2.24, 2.45) is 0 Å². The lowest BCUT2D eigenvalue weighted by molar-refractivity contribution is 0.00400. The van der Waals surface area contributed by atoms with E-state index in [9.17, 15) is 13.6 Å². The normalized spacial score (nSPS) is 12.2. The molecule has 1 aromatic rings. The Balaban J connectivity index is 2.63. The molecule has 0 saturated carbocycles. The van der Waals surface area contributed by atoms with E-state index in [1.54, 1.807) is 6.92 Å². The van der Waals surface area contributed by atoms with Crippen LogP contribution in [0.3, 0.4) is 0 Å². The van der Waals surface area contributed by atoms with Gasteiger partial charge in [-0.1, -0.05) is 0 Å². The summed E-state index contributed by atoms with van der Waals surface area (Å²) in [6.07, 6.45) is -0.480. The smallest absolute Gasteiger partial charge is 0.341 e. The zero-order valence-electron chi connectivity index (χ0n) is 9.70. The van der Waals surface area contributed by atoms with Gasteiger partial charge in [-0.3, -0.25) is 0 Å². The highest BCUT2D eigenvalue weighted by atomic mass is 19.1. The monoisotopic (exact) mass is 244 g/mol. The van der Waals surface area contributed by atoms with Gasteiger partial charge in [0.15, 0.2) is 0 Å². The first kappa shape index (κ1) is 13.6. The molecule has 0 spiro atoms. The molecule has 0 N–H and O–H groups in total. The summed E-state index contributed by atoms with van der Waals surface area (Å²) >= 11 is 0. The largest absolute Gasteiger partial charge is 0.457 e. The fourth-order valence-electron chi connectivity index (χ4n) is 1.22. The highest BCUT2D eigenvalue weighted by Gasteiger charge is 2.16. The molecule has 0 aliphatic heterocycles. The summed E-state index contributed by atoms with van der Waals surface area (Å²) in [7, 11) is 0. The molecule has 0 amide bonds. The van der Waals surface area contributed by atoms with Gasteiger partial charge in [0.05, 0.1) is 12.2 Å². The van der Waals surface area contributed by atoms with Crippen molar-refractivity contribution in [1.29, 1.82) is 0 Å². The van der Waals surface area contributed by atoms with Gasteiger partial charge in [0.2, 0.25) is 0 Å². The SMILES string of the molecule is CCOCC(C)OC(=O)c1ccc(F)cc1F. The van der Waals surface area contributed by atoms with E-state index < -0.39 is 23.7 Å². The fraction of sp³-hybridized carbons (Fsp3) is 0.417. The van der Waals surface area contributed by atoms with Gasteiger partial charge in [0, 0.05) is 12.7 Å². The number of esters is 1. The molecule has 0 heterocycles. The second-order valence-electron chi connectivity index (χ2n) is 3.50. The molecular weight excluding hydrogens is 230 g/mol. The Morgan fingerprint density at radius 2 is 2.12 bits per heavy atom. The Kier molecular flexibility index (Phi) is 5.03. The van der Waals surface area contributed by atoms with Crippen LogP contribution in [0.1, 0.15) is 24.2 Å². The molecule has 0 radical (unpaired) electrons. The number of rotatable bonds is 5. The van der Waals surface area contributed by atoms with Gasteiger partial charge < -0.3 is 9.47 Å². The first-order chi connectivity index (χ1) is 8.04. The summed E-state index contributed by atoms with van der Waals surface area (Å²) < 4.78 is 35.8. The second-order valence-corrected chi connectivity index (χ2v) is 3.50. The molecule has 0 fully saturated rings. The quantitative estimate of drug-likeness (QED) is 0.747. The van der Waals surface area contributed by atoms with Crippen molar-refractivity contribution in [2.75, 3.05) is 13.2 Å². The lowest BCUT2D eigenvalue weighted by Gasteiger charge is -2.13. The molecule has 94 valence electrons. The Bertz CT molecular complexity index is 393. The van der Waals surface area contributed by atoms with E-state index in [-0.39, 0.29) is 12.2 Å². The van der Waals surface area contributed by atoms with Crippen molar-refractivity contribution < 1.29 is 23.0 Å². The summed E-state index contributed by atoms with van der Waals surface area (Å²) in [5.41, 5.74) is -0.283. The summed E-state index contributed by atoms with van der Waals surface area (Å²) in [6.45, 7) is 4.20. The molecule has 0 saturated heterocycles. The van der Waals surface area contributed by atoms with Crippen molar-refractivity contribution in [2.45, 2.75) is 20.0 Å². The minimum Gasteiger partial charge on any atom is -0.457 e. The molecule has 5 heteroatoms. The summed E-state index contributed by atoms with van der Waals surface area (Å²) in [5, 5.41) is 0. The minimum atomic E-state index is -0.932. The maximum atomic E-state index is 13.2. The van der Waals surface area contributed by atoms with Crippen LogP contribution in [0.25, 0.3) is 0 Å². The van der Waals surface area contributed by atoms with Crippen molar-refractivity contribution in [1.82, 2.24) is 0 Å². The number of carbonyl (C=O) groups excluding carboxylic acids is 1. The Morgan fingerprint density at radius 3 is 2.71 bits per heavy atom. The molecule has 3 nitrogen and oxygen atoms in total. The van der Waals surface area contributed by atoms with Crippen LogP contribution in [0.5, 0.6) is 0 Å². The van der Waals surface area contributed by atoms with E-state index in [1.165, 1.54) is 0 Å². The van der Waals surface area contributed by atoms with Gasteiger partial charge in [0.25, 0.3) is 0 Å². The Labute approximate surface area is 98.3 Å². The maximum absolute atomic E-state index is 13.2. The second kappa shape index (κ2) is 6.30. The molecule has 1 unspecified atom stereocenters. The number of ether oxygens (including phenoxy) is 2. The zero-order valence-corrected chi connectivity index (χ0v) is 9.70. The minimum absolute atomic E-state index is 0.241. The molecule has 17 heavy (non-hydrogen) atoms. The van der Waals surface area contributed by atoms with Crippen molar-refractivity contribution in [3.63, 3.8) is 0 Å². The van der Waals surface area contributed by atoms with Gasteiger partial charge in [-0.05, 0) is 26.0 Å². The molecule has 1 aromatic carbocycles. The van der Waals surface area contributed by atoms with Crippen LogP contribution < -0.4 is 0 Å². The zero-order chi connectivity index (χ0) is 12.8. The van der Waals surface area contributed by atoms with Crippen LogP contribution in [0.4, 0.5) is 8.78 Å². The summed E-state index contributed by atoms with van der Waals surface area (Å²) in [6, 6.07) is 2.71. The van der Waals surface area contributed by atoms with Crippen molar-refractivity contribution in [3.05, 3.63) is 35.4 Å². The van der Waals surface area contributed by atoms with E-state index >= 15 is 0 Å². The summed E-state index contributed by atoms with van der Waals surface area (Å²) in [4.78, 5) is 11.5. The van der Waals surface area contributed by atoms with Gasteiger partial charge in [-0.15, -0.1) is 0 Å². The van der Waals surface area contributed by atoms with Crippen LogP contribution in [-0.4, -0.2) is 25.3 Å². The van der Waals surface area contributed by atoms with Crippen LogP contribution >= 0.6 is 0 Å². The van der Waals surface area contributed by atoms with E-state index in [2.05, 4.69) is 0 Å². The van der Waals surface area contributed by atoms with Crippen LogP contribution in [-0.2, 0) is 9.47 Å². The van der Waals surface area contributed by atoms with Crippen LogP contribution in [0, 0.1) is 11.6 Å². The number of halogens is 2. The molecule has 1 atom stereocenters. The maximum Gasteiger partial charge on any atom is 0.341 e. The average Bonchev–Trinajstić information content (AvgIpc) is 2.26. The van der Waals surface area contributed by atoms with E-state index in [0.29, 0.717) is 12.7 Å². The van der Waals surface area contributed by atoms with Crippen LogP contribution in [0.15, 0.2) is 18.2 Å². The van der Waals surface area contributed by atoms with Crippen molar-refractivity contribution >= 4 is 5.97 Å². The third kappa shape index (κ3) is 4.11. The number of benzene rings is 1. The Morgan fingerprint density at radius 1 is 1.41 bits per heavy atom. The average molecular weight is 244 g/mol. The molecule has 0 aliphatic rings. The molecule has 0 aliphatic carbocycles. The number of carbonyl (C=O) groups is 1. The van der Waals surface area contributed by atoms with E-state index in [1.807, 2.05) is 6.92 Å². The van der Waals surface area contributed by atoms with Gasteiger partial charge in [-0.2, -0.15) is 0 Å². The number of hydrogen-bond donors (Lipinski definition) is 0. The lowest BCUT2D eigenvalue weighted by Crippen LogP contribution is -2.21. The van der Waals surface area contributed by atoms with Crippen LogP contribution in [0.2, 0.25) is 0 Å². The first-order valence-corrected chi connectivity index (χ1v) is 5.28. The fourth-order valence-corrected chi connectivity index (χ4v) is 1.22. The Hall–Kier alpha value is -1.49. The molecule has 0 aromatic heterocycles. The summed E-state index contributed by atoms with van der Waals surface area (Å²) in [5.74, 6) is -2.49. The van der Waals surface area contributed by atoms with Gasteiger partial charge in [0.1, 0.15) is 17.7 Å². The highest BCUT2D eigenvalue weighted by Crippen LogP contribution is 2.11. The molecular formula is C12H14F2O3. The molecule has 1 rings (SSSR count). The number of hydrogen-bond acceptors (Lipinski definition) is 3. The van der Waals surface area contributed by atoms with Gasteiger partial charge >= 0.3 is 5.97 Å². The topological polar surface area (TPSA) is 35.5 Å². The molecule has 0 bridgehead atoms. The predicted molar refractivity (Wildman–Crippen MR) is 57.7 cm³/mol. The first-order valence-electron chi connectivity index (χ1n) is 5.28. The third-order valence-corrected chi connectivity index (χ3v) is 2.02. The van der Waals surface area contributed by atoms with Gasteiger partial charge in [-0.25, -0.2) is 13.6 Å². The van der Waals surface area contributed by atoms with E-state index in [0.717, 1.165) is 12.1 Å². The van der Waals surface area contributed by atoms with E-state index in [4.69, 9.17) is 9.47 Å². The highest BCUT2D eigenvalue weighted by molar-refractivity contribution is 5.89. The predicted octanol–water partition coefficient (Wildman–Crippen LogP) is 2.55. The standard InChI is InChI=1S/C12H14F2O3/c1-3-16-7-8(2)17-12(15)10-5-4-9(13)6-11(10)14/h4-6,8H,3,7H2,1-2H3. The van der Waals surface area contributed by atoms with Crippen molar-refractivity contribution in [3.8, 4) is 0 Å². The third-order valence-electron chi connectivity index (χ3n) is 2.02. The lowest BCUT2D eigenvalue weighted by atomic mass is 10.2.